The summed E-state index contributed by atoms with van der Waals surface area (Å²) in [6.07, 6.45) is 2.56. The molecule has 5 nitrogen and oxygen atoms in total. The van der Waals surface area contributed by atoms with Gasteiger partial charge in [-0.3, -0.25) is 4.79 Å². The number of aromatic nitrogens is 1. The normalized spacial score (nSPS) is 18.3. The van der Waals surface area contributed by atoms with E-state index >= 15 is 0 Å². The third kappa shape index (κ3) is 4.48. The Bertz CT molecular complexity index is 957. The van der Waals surface area contributed by atoms with Gasteiger partial charge in [-0.05, 0) is 43.2 Å². The fraction of sp³-hybridized carbons (Fsp3) is 0.565. The van der Waals surface area contributed by atoms with E-state index in [1.165, 1.54) is 23.4 Å². The number of thiazole rings is 1. The van der Waals surface area contributed by atoms with Crippen LogP contribution in [0.2, 0.25) is 0 Å². The summed E-state index contributed by atoms with van der Waals surface area (Å²) < 4.78 is 7.75. The van der Waals surface area contributed by atoms with Crippen molar-refractivity contribution >= 4 is 22.9 Å². The maximum absolute atomic E-state index is 13.3. The summed E-state index contributed by atoms with van der Waals surface area (Å²) in [5.74, 6) is 0.573. The number of para-hydroxylation sites is 1. The highest BCUT2D eigenvalue weighted by molar-refractivity contribution is 7.09. The third-order valence-corrected chi connectivity index (χ3v) is 7.27. The largest absolute Gasteiger partial charge is 0.378 e. The quantitative estimate of drug-likeness (QED) is 0.757. The van der Waals surface area contributed by atoms with Crippen molar-refractivity contribution in [2.45, 2.75) is 52.5 Å². The van der Waals surface area contributed by atoms with Crippen LogP contribution in [0.3, 0.4) is 0 Å². The van der Waals surface area contributed by atoms with Gasteiger partial charge in [-0.1, -0.05) is 32.9 Å². The smallest absolute Gasteiger partial charge is 0.281 e. The van der Waals surface area contributed by atoms with Crippen LogP contribution in [0.25, 0.3) is 0 Å². The lowest BCUT2D eigenvalue weighted by Gasteiger charge is -2.29. The van der Waals surface area contributed by atoms with Crippen LogP contribution in [-0.4, -0.2) is 36.8 Å². The number of ether oxygens (including phenoxy) is 1. The molecule has 2 fully saturated rings. The Kier molecular flexibility index (Phi) is 5.67. The molecule has 0 spiro atoms. The van der Waals surface area contributed by atoms with Crippen LogP contribution < -0.4 is 9.70 Å². The number of carbonyl (C=O) groups is 1. The second kappa shape index (κ2) is 8.07. The Morgan fingerprint density at radius 3 is 2.55 bits per heavy atom. The first kappa shape index (κ1) is 20.4. The van der Waals surface area contributed by atoms with E-state index in [0.717, 1.165) is 36.0 Å². The van der Waals surface area contributed by atoms with Gasteiger partial charge in [0.25, 0.3) is 5.91 Å². The molecule has 29 heavy (non-hydrogen) atoms. The molecular formula is C23H31N3O2S. The predicted octanol–water partition coefficient (Wildman–Crippen LogP) is 4.14. The number of hydrogen-bond acceptors (Lipinski definition) is 4. The van der Waals surface area contributed by atoms with E-state index in [9.17, 15) is 4.79 Å². The van der Waals surface area contributed by atoms with Gasteiger partial charge in [0.15, 0.2) is 4.80 Å². The zero-order valence-corrected chi connectivity index (χ0v) is 18.7. The highest BCUT2D eigenvalue weighted by atomic mass is 32.1. The maximum Gasteiger partial charge on any atom is 0.281 e. The Morgan fingerprint density at radius 1 is 1.21 bits per heavy atom. The molecule has 0 N–H and O–H groups in total. The summed E-state index contributed by atoms with van der Waals surface area (Å²) in [5.41, 5.74) is 2.93. The number of nitrogens with zero attached hydrogens (tertiary/aromatic N) is 3. The highest BCUT2D eigenvalue weighted by Crippen LogP contribution is 2.33. The van der Waals surface area contributed by atoms with E-state index in [4.69, 9.17) is 4.74 Å². The molecule has 156 valence electrons. The van der Waals surface area contributed by atoms with E-state index < -0.39 is 0 Å². The summed E-state index contributed by atoms with van der Waals surface area (Å²) in [7, 11) is 0. The van der Waals surface area contributed by atoms with Gasteiger partial charge in [-0.2, -0.15) is 4.99 Å². The lowest BCUT2D eigenvalue weighted by atomic mass is 9.93. The molecule has 2 heterocycles. The first-order valence-corrected chi connectivity index (χ1v) is 11.4. The topological polar surface area (TPSA) is 46.8 Å². The molecule has 1 aromatic carbocycles. The fourth-order valence-electron chi connectivity index (χ4n) is 3.92. The van der Waals surface area contributed by atoms with Crippen LogP contribution in [0.1, 0.15) is 54.5 Å². The lowest BCUT2D eigenvalue weighted by molar-refractivity contribution is 0.0996. The molecule has 0 unspecified atom stereocenters. The van der Waals surface area contributed by atoms with Crippen molar-refractivity contribution in [1.29, 1.82) is 0 Å². The van der Waals surface area contributed by atoms with Crippen LogP contribution in [0, 0.1) is 12.8 Å². The average Bonchev–Trinajstić information content (AvgIpc) is 3.47. The monoisotopic (exact) mass is 413 g/mol. The van der Waals surface area contributed by atoms with Crippen molar-refractivity contribution in [3.8, 4) is 0 Å². The number of rotatable bonds is 4. The summed E-state index contributed by atoms with van der Waals surface area (Å²) >= 11 is 1.67. The Labute approximate surface area is 177 Å². The number of benzene rings is 1. The molecule has 2 aliphatic rings. The maximum atomic E-state index is 13.3. The summed E-state index contributed by atoms with van der Waals surface area (Å²) in [6.45, 7) is 12.8. The summed E-state index contributed by atoms with van der Waals surface area (Å²) in [5, 5.41) is 0. The Balaban J connectivity index is 1.74. The van der Waals surface area contributed by atoms with Crippen molar-refractivity contribution in [2.24, 2.45) is 10.9 Å². The van der Waals surface area contributed by atoms with E-state index in [1.54, 1.807) is 11.3 Å². The molecule has 0 atom stereocenters. The molecule has 6 heteroatoms. The standard InChI is InChI=1S/C23H31N3O2S/c1-16-20(23(2,3)4)29-22(26(16)15-17-9-10-17)24-21(27)18-7-5-6-8-19(18)25-11-13-28-14-12-25/h5-8,17H,9-15H2,1-4H3/b24-22-. The number of anilines is 1. The van der Waals surface area contributed by atoms with Crippen molar-refractivity contribution < 1.29 is 9.53 Å². The van der Waals surface area contributed by atoms with Gasteiger partial charge >= 0.3 is 0 Å². The van der Waals surface area contributed by atoms with Gasteiger partial charge in [0.1, 0.15) is 0 Å². The van der Waals surface area contributed by atoms with Gasteiger partial charge < -0.3 is 14.2 Å². The van der Waals surface area contributed by atoms with E-state index in [2.05, 4.69) is 42.2 Å². The van der Waals surface area contributed by atoms with Gasteiger partial charge in [-0.25, -0.2) is 0 Å². The number of morpholine rings is 1. The van der Waals surface area contributed by atoms with Gasteiger partial charge in [0.2, 0.25) is 0 Å². The zero-order valence-electron chi connectivity index (χ0n) is 17.9. The first-order chi connectivity index (χ1) is 13.8. The Morgan fingerprint density at radius 2 is 1.90 bits per heavy atom. The Hall–Kier alpha value is -1.92. The van der Waals surface area contributed by atoms with E-state index in [1.807, 2.05) is 24.3 Å². The highest BCUT2D eigenvalue weighted by Gasteiger charge is 2.27. The molecule has 1 aliphatic carbocycles. The first-order valence-electron chi connectivity index (χ1n) is 10.6. The molecule has 1 aliphatic heterocycles. The van der Waals surface area contributed by atoms with E-state index in [0.29, 0.717) is 18.8 Å². The summed E-state index contributed by atoms with van der Waals surface area (Å²) in [4.78, 5) is 22.3. The van der Waals surface area contributed by atoms with Crippen molar-refractivity contribution in [3.05, 3.63) is 45.2 Å². The van der Waals surface area contributed by atoms with Crippen LogP contribution in [0.5, 0.6) is 0 Å². The predicted molar refractivity (Wildman–Crippen MR) is 118 cm³/mol. The second-order valence-electron chi connectivity index (χ2n) is 9.14. The second-order valence-corrected chi connectivity index (χ2v) is 10.1. The molecular weight excluding hydrogens is 382 g/mol. The van der Waals surface area contributed by atoms with Crippen molar-refractivity contribution in [1.82, 2.24) is 4.57 Å². The number of carbonyl (C=O) groups excluding carboxylic acids is 1. The van der Waals surface area contributed by atoms with Crippen molar-refractivity contribution in [3.63, 3.8) is 0 Å². The molecule has 1 aromatic heterocycles. The molecule has 1 saturated carbocycles. The molecule has 0 radical (unpaired) electrons. The molecule has 1 amide bonds. The summed E-state index contributed by atoms with van der Waals surface area (Å²) in [6, 6.07) is 7.83. The van der Waals surface area contributed by atoms with Gasteiger partial charge in [0.05, 0.1) is 18.8 Å². The SMILES string of the molecule is Cc1c(C(C)(C)C)s/c(=N\C(=O)c2ccccc2N2CCOCC2)n1CC1CC1. The van der Waals surface area contributed by atoms with Crippen LogP contribution in [0.15, 0.2) is 29.3 Å². The molecule has 4 rings (SSSR count). The zero-order chi connectivity index (χ0) is 20.6. The minimum absolute atomic E-state index is 0.0442. The van der Waals surface area contributed by atoms with Gasteiger partial charge in [-0.15, -0.1) is 11.3 Å². The van der Waals surface area contributed by atoms with Crippen LogP contribution >= 0.6 is 11.3 Å². The molecule has 1 saturated heterocycles. The van der Waals surface area contributed by atoms with Crippen LogP contribution in [0.4, 0.5) is 5.69 Å². The van der Waals surface area contributed by atoms with Crippen LogP contribution in [-0.2, 0) is 16.7 Å². The fourth-order valence-corrected chi connectivity index (χ4v) is 5.12. The third-order valence-electron chi connectivity index (χ3n) is 5.66. The number of hydrogen-bond donors (Lipinski definition) is 0. The minimum Gasteiger partial charge on any atom is -0.378 e. The minimum atomic E-state index is -0.154. The lowest BCUT2D eigenvalue weighted by Crippen LogP contribution is -2.37. The van der Waals surface area contributed by atoms with E-state index in [-0.39, 0.29) is 11.3 Å². The number of amides is 1. The average molecular weight is 414 g/mol. The molecule has 0 bridgehead atoms. The van der Waals surface area contributed by atoms with Gasteiger partial charge in [0, 0.05) is 35.9 Å². The molecule has 2 aromatic rings. The van der Waals surface area contributed by atoms with Crippen molar-refractivity contribution in [2.75, 3.05) is 31.2 Å².